The average molecular weight is 1880 g/mol. The van der Waals surface area contributed by atoms with Gasteiger partial charge in [0, 0.05) is 66.3 Å². The Morgan fingerprint density at radius 3 is 0.646 bits per heavy atom. The van der Waals surface area contributed by atoms with Gasteiger partial charge in [-0.15, -0.1) is 0 Å². The van der Waals surface area contributed by atoms with Crippen LogP contribution in [0, 0.1) is 0 Å². The Morgan fingerprint density at radius 2 is 0.327 bits per heavy atom. The van der Waals surface area contributed by atoms with E-state index in [1.165, 1.54) is 143 Å². The van der Waals surface area contributed by atoms with Crippen LogP contribution in [0.4, 0.5) is 0 Å². The van der Waals surface area contributed by atoms with E-state index in [-0.39, 0.29) is 16.2 Å². The van der Waals surface area contributed by atoms with Crippen molar-refractivity contribution in [2.75, 3.05) is 0 Å². The lowest BCUT2D eigenvalue weighted by molar-refractivity contribution is 0.661. The summed E-state index contributed by atoms with van der Waals surface area (Å²) in [6.07, 6.45) is 0. The normalized spacial score (nSPS) is 13.0. The van der Waals surface area contributed by atoms with Crippen LogP contribution in [0.25, 0.3) is 245 Å². The predicted molar refractivity (Wildman–Crippen MR) is 608 cm³/mol. The Morgan fingerprint density at radius 1 is 0.122 bits per heavy atom. The highest BCUT2D eigenvalue weighted by atomic mass is 15.1. The molecule has 147 heavy (non-hydrogen) atoms. The van der Waals surface area contributed by atoms with E-state index >= 15 is 0 Å². The zero-order chi connectivity index (χ0) is 98.6. The van der Waals surface area contributed by atoms with E-state index in [0.29, 0.717) is 52.4 Å². The van der Waals surface area contributed by atoms with Crippen molar-refractivity contribution in [1.82, 2.24) is 44.9 Å². The minimum absolute atomic E-state index is 0.0808. The third-order valence-corrected chi connectivity index (χ3v) is 30.3. The zero-order valence-corrected chi connectivity index (χ0v) is 82.1. The molecule has 3 heterocycles. The molecule has 22 aromatic carbocycles. The molecule has 694 valence electrons. The van der Waals surface area contributed by atoms with Crippen molar-refractivity contribution in [2.24, 2.45) is 0 Å². The molecule has 3 aliphatic carbocycles. The fourth-order valence-corrected chi connectivity index (χ4v) is 22.7. The van der Waals surface area contributed by atoms with Gasteiger partial charge in [0.25, 0.3) is 0 Å². The summed E-state index contributed by atoms with van der Waals surface area (Å²) in [4.78, 5) is 45.6. The number of hydrogen-bond acceptors (Lipinski definition) is 9. The van der Waals surface area contributed by atoms with Gasteiger partial charge in [-0.05, 0) is 224 Å². The molecule has 9 nitrogen and oxygen atoms in total. The summed E-state index contributed by atoms with van der Waals surface area (Å²) < 4.78 is 0. The van der Waals surface area contributed by atoms with E-state index in [4.69, 9.17) is 44.9 Å². The first-order valence-corrected chi connectivity index (χ1v) is 50.4. The van der Waals surface area contributed by atoms with Crippen molar-refractivity contribution in [1.29, 1.82) is 0 Å². The lowest BCUT2D eigenvalue weighted by atomic mass is 9.80. The second-order valence-corrected chi connectivity index (χ2v) is 40.2. The molecule has 0 fully saturated rings. The SMILES string of the molecule is CC1(C)c2ccccc2-c2c1cc1ccccc1c2-c1ccc(-c2nc(-c3ccccc3)nc(-c3ccc4ccccc4c3)n2)cc1.CC1(C)c2ccccc2-c2c1cc1ccccc1c2-c1cccc(-c2nc(-c3ccc4ccccc4c3)nc(-c3ccc4ccccc4c3)n2)c1.CC1(C)c2ccccc2-c2c1cc1ccccc1c2-c1cccc(-c2nc(-c3ccccc3)nc(-c3ccc(-c4ccccc4)cc3)n2)c1. The van der Waals surface area contributed by atoms with Crippen LogP contribution in [0.2, 0.25) is 0 Å². The van der Waals surface area contributed by atoms with E-state index in [9.17, 15) is 0 Å². The fraction of sp³-hybridized carbons (Fsp3) is 0.0652. The van der Waals surface area contributed by atoms with E-state index in [1.807, 2.05) is 54.6 Å². The maximum atomic E-state index is 5.17. The van der Waals surface area contributed by atoms with Crippen LogP contribution >= 0.6 is 0 Å². The second-order valence-electron chi connectivity index (χ2n) is 40.2. The van der Waals surface area contributed by atoms with E-state index in [1.54, 1.807) is 0 Å². The molecule has 0 saturated heterocycles. The summed E-state index contributed by atoms with van der Waals surface area (Å²) in [7, 11) is 0. The fourth-order valence-electron chi connectivity index (χ4n) is 22.7. The topological polar surface area (TPSA) is 116 Å². The molecule has 0 saturated carbocycles. The number of rotatable bonds is 13. The van der Waals surface area contributed by atoms with Gasteiger partial charge in [-0.2, -0.15) is 0 Å². The molecule has 9 heteroatoms. The van der Waals surface area contributed by atoms with Gasteiger partial charge in [0.05, 0.1) is 0 Å². The minimum Gasteiger partial charge on any atom is -0.208 e. The van der Waals surface area contributed by atoms with Crippen LogP contribution in [-0.2, 0) is 16.2 Å². The van der Waals surface area contributed by atoms with Crippen LogP contribution in [0.1, 0.15) is 74.9 Å². The van der Waals surface area contributed by atoms with Gasteiger partial charge in [-0.25, -0.2) is 44.9 Å². The first-order valence-electron chi connectivity index (χ1n) is 50.4. The number of benzene rings is 22. The Labute approximate surface area is 854 Å². The highest BCUT2D eigenvalue weighted by Crippen LogP contribution is 2.59. The van der Waals surface area contributed by atoms with Crippen LogP contribution < -0.4 is 0 Å². The van der Waals surface area contributed by atoms with Crippen LogP contribution in [0.15, 0.2) is 479 Å². The number of nitrogens with zero attached hydrogens (tertiary/aromatic N) is 9. The molecular weight excluding hydrogens is 1780 g/mol. The van der Waals surface area contributed by atoms with Crippen molar-refractivity contribution < 1.29 is 0 Å². The Balaban J connectivity index is 0.000000112. The van der Waals surface area contributed by atoms with Gasteiger partial charge in [-0.3, -0.25) is 0 Å². The van der Waals surface area contributed by atoms with Gasteiger partial charge in [0.1, 0.15) is 0 Å². The van der Waals surface area contributed by atoms with Gasteiger partial charge in [0.2, 0.25) is 0 Å². The third-order valence-electron chi connectivity index (χ3n) is 30.3. The second kappa shape index (κ2) is 36.1. The van der Waals surface area contributed by atoms with E-state index < -0.39 is 0 Å². The first-order chi connectivity index (χ1) is 72.1. The molecule has 0 amide bonds. The molecule has 0 atom stereocenters. The quantitative estimate of drug-likeness (QED) is 0.111. The Bertz CT molecular complexity index is 9470. The monoisotopic (exact) mass is 1880 g/mol. The molecular formula is C138H97N9. The highest BCUT2D eigenvalue weighted by molar-refractivity contribution is 6.12. The van der Waals surface area contributed by atoms with Gasteiger partial charge >= 0.3 is 0 Å². The molecule has 0 radical (unpaired) electrons. The Hall–Kier alpha value is -18.6. The van der Waals surface area contributed by atoms with Crippen LogP contribution in [0.5, 0.6) is 0 Å². The van der Waals surface area contributed by atoms with Crippen molar-refractivity contribution in [3.8, 4) is 180 Å². The third kappa shape index (κ3) is 15.9. The molecule has 28 rings (SSSR count). The largest absolute Gasteiger partial charge is 0.208 e. The lowest BCUT2D eigenvalue weighted by Crippen LogP contribution is -2.14. The summed E-state index contributed by atoms with van der Waals surface area (Å²) in [5, 5.41) is 14.5. The molecule has 3 aliphatic rings. The zero-order valence-electron chi connectivity index (χ0n) is 82.1. The molecule has 0 N–H and O–H groups in total. The molecule has 3 aromatic heterocycles. The predicted octanol–water partition coefficient (Wildman–Crippen LogP) is 35.1. The number of hydrogen-bond donors (Lipinski definition) is 0. The van der Waals surface area contributed by atoms with Crippen molar-refractivity contribution in [2.45, 2.75) is 57.8 Å². The molecule has 25 aromatic rings. The summed E-state index contributed by atoms with van der Waals surface area (Å²) in [6, 6.07) is 170. The molecule has 0 aliphatic heterocycles. The standard InChI is InChI=1S/C48H33N3.C46H33N3.C44H31N3/c1-48(2)41-21-10-9-20-40(41)44-42(48)29-34-16-7-8-19-39(34)43(44)35-17-11-18-36(28-35)45-49-46(37-24-22-30-12-3-5-14-32(30)26-37)51-47(50-45)38-25-23-31-13-4-6-15-33(31)27-38;1-46(2)39-23-12-11-22-38(39)42-40(46)29-34-18-9-10-21-37(34)41(42)35-19-13-20-36(28-35)45-48-43(32-16-7-4-8-17-32)47-44(49-45)33-26-24-31(25-27-33)30-14-5-3-6-15-30;1-44(2)37-19-11-10-18-36(37)40-38(44)27-33-16-8-9-17-35(33)39(40)29-21-23-31(24-22-29)42-45-41(30-13-4-3-5-14-30)46-43(47-42)34-25-20-28-12-6-7-15-32(28)26-34/h3-29H,1-2H3;3-29H,1-2H3;3-27H,1-2H3. The highest BCUT2D eigenvalue weighted by Gasteiger charge is 2.41. The van der Waals surface area contributed by atoms with Crippen molar-refractivity contribution in [3.63, 3.8) is 0 Å². The number of aromatic nitrogens is 9. The Kier molecular flexibility index (Phi) is 21.8. The molecule has 0 unspecified atom stereocenters. The first kappa shape index (κ1) is 88.6. The van der Waals surface area contributed by atoms with Crippen molar-refractivity contribution >= 4 is 64.6 Å². The maximum absolute atomic E-state index is 5.17. The summed E-state index contributed by atoms with van der Waals surface area (Å²) in [5.41, 5.74) is 34.0. The lowest BCUT2D eigenvalue weighted by Gasteiger charge is -2.23. The van der Waals surface area contributed by atoms with Crippen LogP contribution in [0.3, 0.4) is 0 Å². The van der Waals surface area contributed by atoms with Gasteiger partial charge in [-0.1, -0.05) is 472 Å². The summed E-state index contributed by atoms with van der Waals surface area (Å²) in [5.74, 6) is 5.88. The van der Waals surface area contributed by atoms with Crippen LogP contribution in [-0.4, -0.2) is 44.9 Å². The van der Waals surface area contributed by atoms with E-state index in [2.05, 4.69) is 466 Å². The average Bonchev–Trinajstić information content (AvgIpc) is 1.56. The van der Waals surface area contributed by atoms with E-state index in [0.717, 1.165) is 82.9 Å². The maximum Gasteiger partial charge on any atom is 0.164 e. The summed E-state index contributed by atoms with van der Waals surface area (Å²) in [6.45, 7) is 14.1. The van der Waals surface area contributed by atoms with Gasteiger partial charge < -0.3 is 0 Å². The smallest absolute Gasteiger partial charge is 0.164 e. The molecule has 0 bridgehead atoms. The summed E-state index contributed by atoms with van der Waals surface area (Å²) >= 11 is 0. The van der Waals surface area contributed by atoms with Gasteiger partial charge in [0.15, 0.2) is 52.4 Å². The number of fused-ring (bicyclic) bond motifs is 15. The minimum atomic E-state index is -0.111. The van der Waals surface area contributed by atoms with Crippen molar-refractivity contribution in [3.05, 3.63) is 513 Å². The molecule has 0 spiro atoms.